The summed E-state index contributed by atoms with van der Waals surface area (Å²) in [4.78, 5) is 14.2. The Labute approximate surface area is 57.4 Å². The van der Waals surface area contributed by atoms with Gasteiger partial charge >= 0.3 is 6.16 Å². The third-order valence-electron chi connectivity index (χ3n) is 0.420. The molecule has 0 aliphatic heterocycles. The van der Waals surface area contributed by atoms with Crippen molar-refractivity contribution in [1.82, 2.24) is 0 Å². The Bertz CT molecular complexity index is 141. The lowest BCUT2D eigenvalue weighted by Gasteiger charge is -1.93. The maximum absolute atomic E-state index is 10.2. The summed E-state index contributed by atoms with van der Waals surface area (Å²) in [6, 6.07) is 0. The number of ether oxygens (including phenoxy) is 1. The van der Waals surface area contributed by atoms with Gasteiger partial charge in [0.15, 0.2) is 0 Å². The van der Waals surface area contributed by atoms with Crippen LogP contribution in [0.3, 0.4) is 0 Å². The van der Waals surface area contributed by atoms with Gasteiger partial charge in [0.2, 0.25) is 0 Å². The van der Waals surface area contributed by atoms with Crippen molar-refractivity contribution < 1.29 is 14.4 Å². The lowest BCUT2D eigenvalue weighted by molar-refractivity contribution is 0.0621. The molecule has 0 rings (SSSR count). The second-order valence-corrected chi connectivity index (χ2v) is 1.14. The maximum Gasteiger partial charge on any atom is 0.535 e. The van der Waals surface area contributed by atoms with Gasteiger partial charge in [-0.25, -0.2) is 4.79 Å². The summed E-state index contributed by atoms with van der Waals surface area (Å²) < 4.78 is 4.30. The molecule has 0 aromatic carbocycles. The molecule has 0 aromatic rings. The second-order valence-electron chi connectivity index (χ2n) is 0.957. The van der Waals surface area contributed by atoms with Gasteiger partial charge in [0, 0.05) is 0 Å². The molecule has 0 radical (unpaired) electrons. The number of hydrogen-bond donors (Lipinski definition) is 0. The molecule has 0 saturated heterocycles. The predicted molar refractivity (Wildman–Crippen MR) is 33.1 cm³/mol. The summed E-state index contributed by atoms with van der Waals surface area (Å²) in [6.07, 6.45) is -0.866. The van der Waals surface area contributed by atoms with Gasteiger partial charge in [-0.1, -0.05) is 0 Å². The van der Waals surface area contributed by atoms with Crippen LogP contribution in [0, 0.1) is 0 Å². The monoisotopic (exact) mass is 147 g/mol. The molecule has 0 heterocycles. The Morgan fingerprint density at radius 1 is 1.89 bits per heavy atom. The summed E-state index contributed by atoms with van der Waals surface area (Å²) >= 11 is 4.11. The molecule has 0 spiro atoms. The predicted octanol–water partition coefficient (Wildman–Crippen LogP) is 1.18. The first-order valence-corrected chi connectivity index (χ1v) is 2.63. The first-order valence-electron chi connectivity index (χ1n) is 2.22. The van der Waals surface area contributed by atoms with E-state index < -0.39 is 6.16 Å². The fraction of sp³-hybridized carbons (Fsp3) is 0.500. The van der Waals surface area contributed by atoms with Gasteiger partial charge in [0.25, 0.3) is 0 Å². The molecule has 0 amide bonds. The second kappa shape index (κ2) is 5.21. The number of rotatable bonds is 2. The molecule has 4 nitrogen and oxygen atoms in total. The number of nitrogens with zero attached hydrogens (tertiary/aromatic N) is 1. The third kappa shape index (κ3) is 4.93. The van der Waals surface area contributed by atoms with Crippen molar-refractivity contribution in [3.05, 3.63) is 0 Å². The summed E-state index contributed by atoms with van der Waals surface area (Å²) in [5.74, 6) is 0. The fourth-order valence-electron chi connectivity index (χ4n) is 0.200. The summed E-state index contributed by atoms with van der Waals surface area (Å²) in [7, 11) is 0. The molecule has 5 heteroatoms. The molecule has 9 heavy (non-hydrogen) atoms. The fourth-order valence-corrected chi connectivity index (χ4v) is 0.237. The molecule has 0 fully saturated rings. The van der Waals surface area contributed by atoms with Crippen LogP contribution in [-0.4, -0.2) is 17.9 Å². The Balaban J connectivity index is 3.38. The van der Waals surface area contributed by atoms with E-state index in [1.807, 2.05) is 5.16 Å². The van der Waals surface area contributed by atoms with Crippen LogP contribution >= 0.6 is 12.2 Å². The minimum absolute atomic E-state index is 0.256. The van der Waals surface area contributed by atoms with E-state index in [2.05, 4.69) is 26.9 Å². The number of isothiocyanates is 1. The van der Waals surface area contributed by atoms with Crippen molar-refractivity contribution >= 4 is 23.5 Å². The standard InChI is InChI=1S/C4H5NO3S/c1-2-7-4(6)8-5-3-9/h2H2,1H3. The van der Waals surface area contributed by atoms with Gasteiger partial charge in [-0.2, -0.15) is 0 Å². The average Bonchev–Trinajstić information content (AvgIpc) is 1.85. The van der Waals surface area contributed by atoms with E-state index in [4.69, 9.17) is 0 Å². The zero-order chi connectivity index (χ0) is 7.11. The molecule has 0 unspecified atom stereocenters. The average molecular weight is 147 g/mol. The van der Waals surface area contributed by atoms with Crippen LogP contribution < -0.4 is 0 Å². The molecular weight excluding hydrogens is 142 g/mol. The summed E-state index contributed by atoms with van der Waals surface area (Å²) in [5.41, 5.74) is 0. The molecule has 0 atom stereocenters. The van der Waals surface area contributed by atoms with Crippen molar-refractivity contribution in [1.29, 1.82) is 0 Å². The SMILES string of the molecule is CCOC(=O)ON=C=S. The minimum atomic E-state index is -0.866. The van der Waals surface area contributed by atoms with E-state index in [1.165, 1.54) is 0 Å². The van der Waals surface area contributed by atoms with Crippen molar-refractivity contribution in [2.75, 3.05) is 6.61 Å². The Morgan fingerprint density at radius 3 is 3.00 bits per heavy atom. The van der Waals surface area contributed by atoms with E-state index in [0.29, 0.717) is 0 Å². The Kier molecular flexibility index (Phi) is 4.67. The van der Waals surface area contributed by atoms with E-state index in [1.54, 1.807) is 6.92 Å². The quantitative estimate of drug-likeness (QED) is 0.193. The molecular formula is C4H5NO3S. The highest BCUT2D eigenvalue weighted by molar-refractivity contribution is 7.78. The highest BCUT2D eigenvalue weighted by atomic mass is 32.1. The zero-order valence-electron chi connectivity index (χ0n) is 4.79. The molecule has 0 aliphatic rings. The van der Waals surface area contributed by atoms with Crippen LogP contribution in [0.2, 0.25) is 0 Å². The lowest BCUT2D eigenvalue weighted by atomic mass is 10.9. The van der Waals surface area contributed by atoms with Gasteiger partial charge in [0.05, 0.1) is 6.61 Å². The van der Waals surface area contributed by atoms with Gasteiger partial charge in [-0.05, 0) is 24.3 Å². The van der Waals surface area contributed by atoms with Gasteiger partial charge in [-0.15, -0.1) is 0 Å². The molecule has 0 bridgehead atoms. The maximum atomic E-state index is 10.2. The van der Waals surface area contributed by atoms with Gasteiger partial charge in [0.1, 0.15) is 5.16 Å². The highest BCUT2D eigenvalue weighted by Gasteiger charge is 1.97. The van der Waals surface area contributed by atoms with Crippen LogP contribution in [0.15, 0.2) is 5.16 Å². The van der Waals surface area contributed by atoms with Gasteiger partial charge < -0.3 is 4.74 Å². The van der Waals surface area contributed by atoms with Crippen molar-refractivity contribution in [2.45, 2.75) is 6.92 Å². The van der Waals surface area contributed by atoms with Crippen LogP contribution in [0.5, 0.6) is 0 Å². The van der Waals surface area contributed by atoms with Gasteiger partial charge in [-0.3, -0.25) is 4.84 Å². The van der Waals surface area contributed by atoms with E-state index in [9.17, 15) is 4.79 Å². The number of thiocarbonyl (C=S) groups is 1. The van der Waals surface area contributed by atoms with E-state index in [-0.39, 0.29) is 6.61 Å². The first-order chi connectivity index (χ1) is 4.31. The smallest absolute Gasteiger partial charge is 0.433 e. The van der Waals surface area contributed by atoms with Crippen LogP contribution in [0.4, 0.5) is 4.79 Å². The Morgan fingerprint density at radius 2 is 2.56 bits per heavy atom. The van der Waals surface area contributed by atoms with E-state index in [0.717, 1.165) is 0 Å². The third-order valence-corrected chi connectivity index (χ3v) is 0.494. The topological polar surface area (TPSA) is 47.9 Å². The van der Waals surface area contributed by atoms with E-state index >= 15 is 0 Å². The molecule has 0 N–H and O–H groups in total. The zero-order valence-corrected chi connectivity index (χ0v) is 5.60. The normalized spacial score (nSPS) is 7.22. The molecule has 0 aliphatic carbocycles. The number of hydrogen-bond acceptors (Lipinski definition) is 5. The lowest BCUT2D eigenvalue weighted by Crippen LogP contribution is -2.01. The summed E-state index contributed by atoms with van der Waals surface area (Å²) in [6.45, 7) is 1.91. The summed E-state index contributed by atoms with van der Waals surface area (Å²) in [5, 5.41) is 4.72. The Hall–Kier alpha value is -0.930. The van der Waals surface area contributed by atoms with Crippen LogP contribution in [-0.2, 0) is 9.57 Å². The highest BCUT2D eigenvalue weighted by Crippen LogP contribution is 1.82. The molecule has 0 saturated carbocycles. The van der Waals surface area contributed by atoms with Crippen LogP contribution in [0.1, 0.15) is 6.92 Å². The number of carbonyl (C=O) groups excluding carboxylic acids is 1. The van der Waals surface area contributed by atoms with Crippen LogP contribution in [0.25, 0.3) is 0 Å². The van der Waals surface area contributed by atoms with Crippen molar-refractivity contribution in [3.8, 4) is 0 Å². The van der Waals surface area contributed by atoms with Crippen molar-refractivity contribution in [2.24, 2.45) is 5.16 Å². The van der Waals surface area contributed by atoms with Crippen molar-refractivity contribution in [3.63, 3.8) is 0 Å². The molecule has 50 valence electrons. The number of carbonyl (C=O) groups is 1. The first kappa shape index (κ1) is 8.07. The minimum Gasteiger partial charge on any atom is -0.433 e. The molecule has 0 aromatic heterocycles. The largest absolute Gasteiger partial charge is 0.535 e.